The maximum Gasteiger partial charge on any atom is 0.416 e. The second kappa shape index (κ2) is 12.2. The Kier molecular flexibility index (Phi) is 8.98. The van der Waals surface area contributed by atoms with E-state index in [1.807, 2.05) is 18.2 Å². The zero-order chi connectivity index (χ0) is 27.3. The van der Waals surface area contributed by atoms with Gasteiger partial charge in [0.15, 0.2) is 0 Å². The number of rotatable bonds is 9. The number of amides is 1. The summed E-state index contributed by atoms with van der Waals surface area (Å²) >= 11 is 12.2. The van der Waals surface area contributed by atoms with Crippen LogP contribution in [0.15, 0.2) is 84.9 Å². The SMILES string of the molecule is C[C@@H](NCCC(=O)N(Cc1ccc(C(F)(F)F)cc1)Cc1ccc(Cl)c(Cl)c1)c1cccc2ccccc12. The Morgan fingerprint density at radius 2 is 1.53 bits per heavy atom. The second-order valence-electron chi connectivity index (χ2n) is 9.19. The fourth-order valence-corrected chi connectivity index (χ4v) is 4.72. The quantitative estimate of drug-likeness (QED) is 0.223. The van der Waals surface area contributed by atoms with E-state index in [-0.39, 0.29) is 31.5 Å². The van der Waals surface area contributed by atoms with Gasteiger partial charge in [-0.2, -0.15) is 13.2 Å². The summed E-state index contributed by atoms with van der Waals surface area (Å²) in [6, 6.07) is 24.3. The fourth-order valence-electron chi connectivity index (χ4n) is 4.40. The van der Waals surface area contributed by atoms with Crippen molar-refractivity contribution in [1.29, 1.82) is 0 Å². The number of halogens is 5. The molecule has 3 nitrogen and oxygen atoms in total. The van der Waals surface area contributed by atoms with Crippen LogP contribution >= 0.6 is 23.2 Å². The molecule has 0 heterocycles. The Bertz CT molecular complexity index is 1400. The van der Waals surface area contributed by atoms with Crippen molar-refractivity contribution in [3.8, 4) is 0 Å². The molecule has 1 atom stereocenters. The van der Waals surface area contributed by atoms with Crippen molar-refractivity contribution in [2.75, 3.05) is 6.54 Å². The van der Waals surface area contributed by atoms with Crippen LogP contribution in [-0.2, 0) is 24.1 Å². The van der Waals surface area contributed by atoms with E-state index in [9.17, 15) is 18.0 Å². The molecule has 0 saturated carbocycles. The number of nitrogens with one attached hydrogen (secondary N) is 1. The molecule has 0 bridgehead atoms. The second-order valence-corrected chi connectivity index (χ2v) is 10.0. The normalized spacial score (nSPS) is 12.5. The molecule has 0 aromatic heterocycles. The summed E-state index contributed by atoms with van der Waals surface area (Å²) in [5.41, 5.74) is 1.79. The molecule has 1 amide bonds. The van der Waals surface area contributed by atoms with E-state index >= 15 is 0 Å². The van der Waals surface area contributed by atoms with Crippen molar-refractivity contribution in [3.05, 3.63) is 117 Å². The van der Waals surface area contributed by atoms with E-state index in [1.165, 1.54) is 12.1 Å². The van der Waals surface area contributed by atoms with Crippen molar-refractivity contribution in [1.82, 2.24) is 10.2 Å². The highest BCUT2D eigenvalue weighted by Gasteiger charge is 2.30. The van der Waals surface area contributed by atoms with E-state index in [1.54, 1.807) is 23.1 Å². The van der Waals surface area contributed by atoms with Gasteiger partial charge in [0, 0.05) is 32.1 Å². The summed E-state index contributed by atoms with van der Waals surface area (Å²) in [6.45, 7) is 2.90. The highest BCUT2D eigenvalue weighted by Crippen LogP contribution is 2.30. The maximum absolute atomic E-state index is 13.3. The van der Waals surface area contributed by atoms with Crippen LogP contribution in [0.2, 0.25) is 10.0 Å². The number of carbonyl (C=O) groups excluding carboxylic acids is 1. The first kappa shape index (κ1) is 28.0. The topological polar surface area (TPSA) is 32.3 Å². The van der Waals surface area contributed by atoms with Gasteiger partial charge in [-0.25, -0.2) is 0 Å². The van der Waals surface area contributed by atoms with E-state index in [4.69, 9.17) is 23.2 Å². The van der Waals surface area contributed by atoms with Gasteiger partial charge >= 0.3 is 6.18 Å². The molecule has 0 aliphatic carbocycles. The Morgan fingerprint density at radius 3 is 2.24 bits per heavy atom. The summed E-state index contributed by atoms with van der Waals surface area (Å²) in [6.07, 6.45) is -4.20. The maximum atomic E-state index is 13.3. The number of carbonyl (C=O) groups is 1. The van der Waals surface area contributed by atoms with Gasteiger partial charge in [0.1, 0.15) is 0 Å². The van der Waals surface area contributed by atoms with Gasteiger partial charge in [0.2, 0.25) is 5.91 Å². The van der Waals surface area contributed by atoms with Gasteiger partial charge in [-0.05, 0) is 58.7 Å². The van der Waals surface area contributed by atoms with Crippen molar-refractivity contribution in [3.63, 3.8) is 0 Å². The number of benzene rings is 4. The molecule has 8 heteroatoms. The van der Waals surface area contributed by atoms with Crippen LogP contribution in [-0.4, -0.2) is 17.4 Å². The molecule has 198 valence electrons. The average molecular weight is 559 g/mol. The first-order valence-electron chi connectivity index (χ1n) is 12.2. The summed E-state index contributed by atoms with van der Waals surface area (Å²) in [5.74, 6) is -0.131. The molecule has 0 aliphatic rings. The fraction of sp³-hybridized carbons (Fsp3) is 0.233. The third-order valence-corrected chi connectivity index (χ3v) is 7.18. The molecule has 4 rings (SSSR count). The van der Waals surface area contributed by atoms with Gasteiger partial charge in [-0.15, -0.1) is 0 Å². The van der Waals surface area contributed by atoms with Gasteiger partial charge in [-0.3, -0.25) is 4.79 Å². The Labute approximate surface area is 230 Å². The molecule has 0 radical (unpaired) electrons. The minimum absolute atomic E-state index is 0.0207. The van der Waals surface area contributed by atoms with Gasteiger partial charge in [-0.1, -0.05) is 83.9 Å². The van der Waals surface area contributed by atoms with Crippen LogP contribution in [0, 0.1) is 0 Å². The molecule has 0 saturated heterocycles. The molecule has 0 aliphatic heterocycles. The number of hydrogen-bond acceptors (Lipinski definition) is 2. The van der Waals surface area contributed by atoms with Gasteiger partial charge in [0.05, 0.1) is 15.6 Å². The molecular formula is C30H27Cl2F3N2O. The lowest BCUT2D eigenvalue weighted by Crippen LogP contribution is -2.33. The molecule has 38 heavy (non-hydrogen) atoms. The largest absolute Gasteiger partial charge is 0.416 e. The Hall–Kier alpha value is -3.06. The van der Waals surface area contributed by atoms with Crippen molar-refractivity contribution in [2.45, 2.75) is 38.7 Å². The molecule has 0 fully saturated rings. The first-order valence-corrected chi connectivity index (χ1v) is 13.0. The third-order valence-electron chi connectivity index (χ3n) is 6.44. The summed E-state index contributed by atoms with van der Waals surface area (Å²) < 4.78 is 39.0. The summed E-state index contributed by atoms with van der Waals surface area (Å²) in [5, 5.41) is 6.52. The van der Waals surface area contributed by atoms with E-state index in [0.29, 0.717) is 22.2 Å². The van der Waals surface area contributed by atoms with Crippen LogP contribution < -0.4 is 5.32 Å². The minimum Gasteiger partial charge on any atom is -0.334 e. The summed E-state index contributed by atoms with van der Waals surface area (Å²) in [7, 11) is 0. The number of fused-ring (bicyclic) bond motifs is 1. The van der Waals surface area contributed by atoms with E-state index < -0.39 is 11.7 Å². The predicted octanol–water partition coefficient (Wildman–Crippen LogP) is 8.44. The highest BCUT2D eigenvalue weighted by atomic mass is 35.5. The zero-order valence-electron chi connectivity index (χ0n) is 20.7. The van der Waals surface area contributed by atoms with Crippen LogP contribution in [0.25, 0.3) is 10.8 Å². The van der Waals surface area contributed by atoms with Crippen molar-refractivity contribution < 1.29 is 18.0 Å². The van der Waals surface area contributed by atoms with Crippen LogP contribution in [0.1, 0.15) is 41.6 Å². The molecule has 4 aromatic carbocycles. The monoisotopic (exact) mass is 558 g/mol. The first-order chi connectivity index (χ1) is 18.1. The number of hydrogen-bond donors (Lipinski definition) is 1. The van der Waals surface area contributed by atoms with Crippen LogP contribution in [0.4, 0.5) is 13.2 Å². The molecule has 0 unspecified atom stereocenters. The Morgan fingerprint density at radius 1 is 0.868 bits per heavy atom. The van der Waals surface area contributed by atoms with Crippen LogP contribution in [0.5, 0.6) is 0 Å². The lowest BCUT2D eigenvalue weighted by atomic mass is 9.99. The van der Waals surface area contributed by atoms with Crippen molar-refractivity contribution in [2.24, 2.45) is 0 Å². The lowest BCUT2D eigenvalue weighted by Gasteiger charge is -2.24. The highest BCUT2D eigenvalue weighted by molar-refractivity contribution is 6.42. The van der Waals surface area contributed by atoms with Crippen LogP contribution in [0.3, 0.4) is 0 Å². The minimum atomic E-state index is -4.42. The number of nitrogens with zero attached hydrogens (tertiary/aromatic N) is 1. The molecule has 1 N–H and O–H groups in total. The van der Waals surface area contributed by atoms with Gasteiger partial charge in [0.25, 0.3) is 0 Å². The predicted molar refractivity (Wildman–Crippen MR) is 147 cm³/mol. The Balaban J connectivity index is 1.45. The number of alkyl halides is 3. The average Bonchev–Trinajstić information content (AvgIpc) is 2.89. The lowest BCUT2D eigenvalue weighted by molar-refractivity contribution is -0.137. The molecular weight excluding hydrogens is 532 g/mol. The van der Waals surface area contributed by atoms with E-state index in [0.717, 1.165) is 34.0 Å². The van der Waals surface area contributed by atoms with Crippen molar-refractivity contribution >= 4 is 39.9 Å². The van der Waals surface area contributed by atoms with Gasteiger partial charge < -0.3 is 10.2 Å². The third kappa shape index (κ3) is 7.07. The van der Waals surface area contributed by atoms with E-state index in [2.05, 4.69) is 36.5 Å². The molecule has 0 spiro atoms. The molecule has 4 aromatic rings. The zero-order valence-corrected chi connectivity index (χ0v) is 22.2. The summed E-state index contributed by atoms with van der Waals surface area (Å²) in [4.78, 5) is 14.9. The smallest absolute Gasteiger partial charge is 0.334 e. The standard InChI is InChI=1S/C30H27Cl2F3N2O/c1-20(25-8-4-6-23-5-2-3-7-26(23)25)36-16-15-29(38)37(19-22-11-14-27(31)28(32)17-22)18-21-9-12-24(13-10-21)30(33,34)35/h2-14,17,20,36H,15-16,18-19H2,1H3/t20-/m1/s1.